The third-order valence-electron chi connectivity index (χ3n) is 4.42. The molecule has 4 aromatic rings. The van der Waals surface area contributed by atoms with Crippen LogP contribution in [0.4, 0.5) is 0 Å². The van der Waals surface area contributed by atoms with Gasteiger partial charge in [-0.2, -0.15) is 4.57 Å². The smallest absolute Gasteiger partial charge is 0.227 e. The second kappa shape index (κ2) is 5.89. The molecule has 24 heavy (non-hydrogen) atoms. The maximum absolute atomic E-state index is 12.7. The first kappa shape index (κ1) is 14.6. The molecule has 0 amide bonds. The third kappa shape index (κ3) is 2.67. The molecule has 0 unspecified atom stereocenters. The normalized spacial score (nSPS) is 11.0. The molecule has 4 rings (SSSR count). The van der Waals surface area contributed by atoms with Gasteiger partial charge in [-0.15, -0.1) is 0 Å². The molecule has 2 nitrogen and oxygen atoms in total. The zero-order chi connectivity index (χ0) is 16.5. The van der Waals surface area contributed by atoms with E-state index in [1.54, 1.807) is 0 Å². The van der Waals surface area contributed by atoms with Crippen LogP contribution in [0.1, 0.15) is 15.9 Å². The average Bonchev–Trinajstić information content (AvgIpc) is 2.61. The van der Waals surface area contributed by atoms with Crippen molar-refractivity contribution in [3.05, 3.63) is 90.1 Å². The molecule has 0 saturated carbocycles. The number of carbonyl (C=O) groups excluding carboxylic acids is 1. The van der Waals surface area contributed by atoms with Crippen molar-refractivity contribution in [2.24, 2.45) is 0 Å². The molecule has 0 N–H and O–H groups in total. The Morgan fingerprint density at radius 2 is 1.62 bits per heavy atom. The highest BCUT2D eigenvalue weighted by Crippen LogP contribution is 2.16. The summed E-state index contributed by atoms with van der Waals surface area (Å²) in [6, 6.07) is 24.4. The van der Waals surface area contributed by atoms with Crippen molar-refractivity contribution < 1.29 is 9.36 Å². The van der Waals surface area contributed by atoms with Gasteiger partial charge in [0.2, 0.25) is 17.8 Å². The standard InChI is InChI=1S/C22H18NO/c1-16-8-11-21-19(13-16)7-4-12-23(21)15-22(24)20-10-9-17-5-2-3-6-18(17)14-20/h2-14H,15H2,1H3/q+1. The predicted octanol–water partition coefficient (Wildman–Crippen LogP) is 4.47. The van der Waals surface area contributed by atoms with Gasteiger partial charge in [-0.3, -0.25) is 4.79 Å². The van der Waals surface area contributed by atoms with Gasteiger partial charge in [0.05, 0.1) is 0 Å². The lowest BCUT2D eigenvalue weighted by Gasteiger charge is -2.04. The zero-order valence-electron chi connectivity index (χ0n) is 13.6. The second-order valence-electron chi connectivity index (χ2n) is 6.18. The molecule has 3 aromatic carbocycles. The minimum atomic E-state index is 0.124. The lowest BCUT2D eigenvalue weighted by atomic mass is 10.0. The van der Waals surface area contributed by atoms with Crippen LogP contribution in [0.25, 0.3) is 21.7 Å². The Balaban J connectivity index is 1.70. The first-order valence-electron chi connectivity index (χ1n) is 8.11. The molecule has 0 aliphatic carbocycles. The Bertz CT molecular complexity index is 1070. The van der Waals surface area contributed by atoms with Gasteiger partial charge in [0, 0.05) is 23.1 Å². The summed E-state index contributed by atoms with van der Waals surface area (Å²) in [6.45, 7) is 2.43. The minimum Gasteiger partial charge on any atom is -0.287 e. The molecule has 0 bridgehead atoms. The number of pyridine rings is 1. The number of hydrogen-bond donors (Lipinski definition) is 0. The number of aromatic nitrogens is 1. The quantitative estimate of drug-likeness (QED) is 0.404. The van der Waals surface area contributed by atoms with Crippen molar-refractivity contribution in [2.45, 2.75) is 13.5 Å². The number of rotatable bonds is 3. The molecule has 1 aromatic heterocycles. The summed E-state index contributed by atoms with van der Waals surface area (Å²) in [5.41, 5.74) is 3.06. The van der Waals surface area contributed by atoms with Crippen LogP contribution in [0.5, 0.6) is 0 Å². The van der Waals surface area contributed by atoms with Crippen LogP contribution >= 0.6 is 0 Å². The predicted molar refractivity (Wildman–Crippen MR) is 97.2 cm³/mol. The van der Waals surface area contributed by atoms with Gasteiger partial charge in [0.1, 0.15) is 0 Å². The van der Waals surface area contributed by atoms with E-state index in [-0.39, 0.29) is 5.78 Å². The molecular weight excluding hydrogens is 294 g/mol. The second-order valence-corrected chi connectivity index (χ2v) is 6.18. The van der Waals surface area contributed by atoms with Gasteiger partial charge in [0.15, 0.2) is 6.20 Å². The summed E-state index contributed by atoms with van der Waals surface area (Å²) in [7, 11) is 0. The van der Waals surface area contributed by atoms with Crippen LogP contribution in [-0.4, -0.2) is 5.78 Å². The number of benzene rings is 3. The van der Waals surface area contributed by atoms with Crippen LogP contribution in [0.15, 0.2) is 79.0 Å². The minimum absolute atomic E-state index is 0.124. The van der Waals surface area contributed by atoms with Crippen molar-refractivity contribution in [1.82, 2.24) is 0 Å². The summed E-state index contributed by atoms with van der Waals surface area (Å²) in [5.74, 6) is 0.124. The Morgan fingerprint density at radius 1 is 0.833 bits per heavy atom. The highest BCUT2D eigenvalue weighted by atomic mass is 16.1. The van der Waals surface area contributed by atoms with E-state index in [2.05, 4.69) is 37.3 Å². The molecule has 0 radical (unpaired) electrons. The Hall–Kier alpha value is -3.00. The van der Waals surface area contributed by atoms with Crippen molar-refractivity contribution in [1.29, 1.82) is 0 Å². The highest BCUT2D eigenvalue weighted by Gasteiger charge is 2.15. The van der Waals surface area contributed by atoms with Crippen LogP contribution in [0, 0.1) is 6.92 Å². The topological polar surface area (TPSA) is 20.9 Å². The fourth-order valence-electron chi connectivity index (χ4n) is 3.15. The SMILES string of the molecule is Cc1ccc2c(ccc[n+]2CC(=O)c2ccc3ccccc3c2)c1. The first-order chi connectivity index (χ1) is 11.7. The van der Waals surface area contributed by atoms with E-state index in [1.807, 2.05) is 53.2 Å². The van der Waals surface area contributed by atoms with Crippen molar-refractivity contribution in [3.8, 4) is 0 Å². The lowest BCUT2D eigenvalue weighted by molar-refractivity contribution is -0.657. The number of aryl methyl sites for hydroxylation is 1. The zero-order valence-corrected chi connectivity index (χ0v) is 13.6. The van der Waals surface area contributed by atoms with E-state index >= 15 is 0 Å². The molecule has 116 valence electrons. The molecule has 0 aliphatic heterocycles. The van der Waals surface area contributed by atoms with Crippen LogP contribution < -0.4 is 4.57 Å². The van der Waals surface area contributed by atoms with Gasteiger partial charge in [-0.1, -0.05) is 48.0 Å². The summed E-state index contributed by atoms with van der Waals surface area (Å²) in [5, 5.41) is 3.41. The van der Waals surface area contributed by atoms with E-state index in [0.29, 0.717) is 6.54 Å². The summed E-state index contributed by atoms with van der Waals surface area (Å²) < 4.78 is 2.02. The average molecular weight is 312 g/mol. The van der Waals surface area contributed by atoms with Crippen LogP contribution in [0.2, 0.25) is 0 Å². The summed E-state index contributed by atoms with van der Waals surface area (Å²) in [4.78, 5) is 12.7. The molecule has 0 atom stereocenters. The molecule has 1 heterocycles. The number of nitrogens with zero attached hydrogens (tertiary/aromatic N) is 1. The number of Topliss-reactive ketones (excluding diaryl/α,β-unsaturated/α-hetero) is 1. The van der Waals surface area contributed by atoms with Gasteiger partial charge in [0.25, 0.3) is 0 Å². The lowest BCUT2D eigenvalue weighted by Crippen LogP contribution is -2.38. The number of fused-ring (bicyclic) bond motifs is 2. The molecule has 0 saturated heterocycles. The largest absolute Gasteiger partial charge is 0.287 e. The maximum Gasteiger partial charge on any atom is 0.227 e. The fourth-order valence-corrected chi connectivity index (χ4v) is 3.15. The van der Waals surface area contributed by atoms with Gasteiger partial charge >= 0.3 is 0 Å². The Morgan fingerprint density at radius 3 is 2.50 bits per heavy atom. The fraction of sp³-hybridized carbons (Fsp3) is 0.0909. The molecular formula is C22H18NO+. The number of hydrogen-bond acceptors (Lipinski definition) is 1. The number of carbonyl (C=O) groups is 1. The van der Waals surface area contributed by atoms with Gasteiger partial charge in [-0.05, 0) is 35.9 Å². The van der Waals surface area contributed by atoms with Gasteiger partial charge < -0.3 is 0 Å². The Labute approximate surface area is 141 Å². The van der Waals surface area contributed by atoms with E-state index in [1.165, 1.54) is 5.56 Å². The molecule has 2 heteroatoms. The third-order valence-corrected chi connectivity index (χ3v) is 4.42. The first-order valence-corrected chi connectivity index (χ1v) is 8.11. The van der Waals surface area contributed by atoms with E-state index in [0.717, 1.165) is 27.2 Å². The van der Waals surface area contributed by atoms with Crippen LogP contribution in [0.3, 0.4) is 0 Å². The molecule has 0 spiro atoms. The molecule has 0 fully saturated rings. The van der Waals surface area contributed by atoms with Crippen molar-refractivity contribution in [2.75, 3.05) is 0 Å². The van der Waals surface area contributed by atoms with Crippen LogP contribution in [-0.2, 0) is 6.54 Å². The Kier molecular flexibility index (Phi) is 3.58. The van der Waals surface area contributed by atoms with E-state index in [9.17, 15) is 4.79 Å². The monoisotopic (exact) mass is 312 g/mol. The van der Waals surface area contributed by atoms with Crippen molar-refractivity contribution in [3.63, 3.8) is 0 Å². The molecule has 0 aliphatic rings. The highest BCUT2D eigenvalue weighted by molar-refractivity contribution is 5.99. The van der Waals surface area contributed by atoms with E-state index in [4.69, 9.17) is 0 Å². The number of ketones is 1. The van der Waals surface area contributed by atoms with Gasteiger partial charge in [-0.25, -0.2) is 0 Å². The van der Waals surface area contributed by atoms with E-state index < -0.39 is 0 Å². The summed E-state index contributed by atoms with van der Waals surface area (Å²) in [6.07, 6.45) is 1.97. The maximum atomic E-state index is 12.7. The van der Waals surface area contributed by atoms with Crippen molar-refractivity contribution >= 4 is 27.5 Å². The summed E-state index contributed by atoms with van der Waals surface area (Å²) >= 11 is 0.